The largest absolute Gasteiger partial charge is 0.485 e. The third-order valence-electron chi connectivity index (χ3n) is 5.79. The van der Waals surface area contributed by atoms with E-state index in [-0.39, 0.29) is 18.2 Å². The van der Waals surface area contributed by atoms with Crippen molar-refractivity contribution < 1.29 is 14.6 Å². The molecular weight excluding hydrogens is 464 g/mol. The number of ether oxygens (including phenoxy) is 1. The van der Waals surface area contributed by atoms with E-state index >= 15 is 0 Å². The predicted octanol–water partition coefficient (Wildman–Crippen LogP) is 4.88. The number of hydrogen-bond donors (Lipinski definition) is 3. The molecule has 8 heteroatoms. The van der Waals surface area contributed by atoms with Gasteiger partial charge in [0.25, 0.3) is 0 Å². The number of guanidine groups is 1. The van der Waals surface area contributed by atoms with Gasteiger partial charge >= 0.3 is 0 Å². The Labute approximate surface area is 209 Å². The number of carbonyl (C=O) groups excluding carboxylic acids is 1. The van der Waals surface area contributed by atoms with E-state index in [0.29, 0.717) is 27.6 Å². The quantitative estimate of drug-likeness (QED) is 0.155. The Kier molecular flexibility index (Phi) is 7.06. The number of aliphatic hydroxyl groups excluding tert-OH is 1. The highest BCUT2D eigenvalue weighted by atomic mass is 35.5. The first-order chi connectivity index (χ1) is 16.8. The molecule has 0 amide bonds. The topological polar surface area (TPSA) is 107 Å². The van der Waals surface area contributed by atoms with Crippen molar-refractivity contribution in [2.45, 2.75) is 38.0 Å². The summed E-state index contributed by atoms with van der Waals surface area (Å²) in [6.07, 6.45) is 1.08. The standard InChI is InChI=1S/C27H25ClN4O3/c1-27(2)25(34)24(32-26(30-16-29)31-20-11-9-19(28)10-12-20)21-15-18(8-13-23(21)35-27)22(33)14-17-6-4-3-5-7-17/h3-13,15,24-25,34H,14H2,1-2H3,(H2,30,31,32)/t24-,25+/m1/s1. The van der Waals surface area contributed by atoms with E-state index in [4.69, 9.17) is 16.3 Å². The van der Waals surface area contributed by atoms with Gasteiger partial charge in [-0.25, -0.2) is 4.99 Å². The molecule has 3 aromatic rings. The molecule has 1 aliphatic heterocycles. The molecule has 0 fully saturated rings. The number of halogens is 1. The van der Waals surface area contributed by atoms with Crippen molar-refractivity contribution in [3.8, 4) is 11.9 Å². The van der Waals surface area contributed by atoms with Crippen molar-refractivity contribution in [1.29, 1.82) is 5.26 Å². The number of benzene rings is 3. The van der Waals surface area contributed by atoms with Crippen LogP contribution in [-0.4, -0.2) is 28.6 Å². The lowest BCUT2D eigenvalue weighted by molar-refractivity contribution is -0.0567. The number of nitrogens with zero attached hydrogens (tertiary/aromatic N) is 2. The number of carbonyl (C=O) groups is 1. The van der Waals surface area contributed by atoms with Gasteiger partial charge in [-0.1, -0.05) is 41.9 Å². The van der Waals surface area contributed by atoms with Crippen LogP contribution in [0, 0.1) is 11.5 Å². The summed E-state index contributed by atoms with van der Waals surface area (Å²) in [4.78, 5) is 17.6. The van der Waals surface area contributed by atoms with E-state index in [9.17, 15) is 15.2 Å². The number of Topliss-reactive ketones (excluding diaryl/α,β-unsaturated/α-hetero) is 1. The molecule has 7 nitrogen and oxygen atoms in total. The minimum absolute atomic E-state index is 0.0595. The van der Waals surface area contributed by atoms with E-state index in [1.165, 1.54) is 0 Å². The van der Waals surface area contributed by atoms with Crippen molar-refractivity contribution in [3.63, 3.8) is 0 Å². The molecule has 0 bridgehead atoms. The molecule has 0 aromatic heterocycles. The molecule has 0 unspecified atom stereocenters. The number of nitriles is 1. The average molecular weight is 489 g/mol. The smallest absolute Gasteiger partial charge is 0.209 e. The summed E-state index contributed by atoms with van der Waals surface area (Å²) in [5.74, 6) is 0.604. The minimum Gasteiger partial charge on any atom is -0.485 e. The Hall–Kier alpha value is -3.86. The molecule has 0 saturated carbocycles. The number of fused-ring (bicyclic) bond motifs is 1. The molecule has 178 valence electrons. The summed E-state index contributed by atoms with van der Waals surface area (Å²) in [5, 5.41) is 26.6. The molecule has 0 radical (unpaired) electrons. The van der Waals surface area contributed by atoms with Gasteiger partial charge in [-0.05, 0) is 61.9 Å². The van der Waals surface area contributed by atoms with Gasteiger partial charge in [-0.15, -0.1) is 0 Å². The van der Waals surface area contributed by atoms with Gasteiger partial charge in [0.2, 0.25) is 5.96 Å². The Morgan fingerprint density at radius 3 is 2.54 bits per heavy atom. The van der Waals surface area contributed by atoms with Gasteiger partial charge in [0, 0.05) is 28.3 Å². The number of nitrogens with one attached hydrogen (secondary N) is 2. The lowest BCUT2D eigenvalue weighted by atomic mass is 9.85. The molecule has 0 aliphatic carbocycles. The zero-order valence-corrected chi connectivity index (χ0v) is 20.1. The number of anilines is 1. The fourth-order valence-electron chi connectivity index (χ4n) is 3.92. The van der Waals surface area contributed by atoms with Crippen molar-refractivity contribution >= 4 is 29.0 Å². The normalized spacial score (nSPS) is 18.5. The molecule has 3 aromatic carbocycles. The third-order valence-corrected chi connectivity index (χ3v) is 6.04. The summed E-state index contributed by atoms with van der Waals surface area (Å²) >= 11 is 5.96. The van der Waals surface area contributed by atoms with Gasteiger partial charge in [-0.2, -0.15) is 5.26 Å². The molecule has 1 heterocycles. The number of aliphatic hydroxyl groups is 1. The number of ketones is 1. The minimum atomic E-state index is -1.04. The van der Waals surface area contributed by atoms with Crippen LogP contribution >= 0.6 is 11.6 Å². The third kappa shape index (κ3) is 5.62. The number of hydrogen-bond acceptors (Lipinski definition) is 5. The van der Waals surface area contributed by atoms with Crippen LogP contribution in [0.2, 0.25) is 5.02 Å². The van der Waals surface area contributed by atoms with E-state index in [0.717, 1.165) is 5.56 Å². The predicted molar refractivity (Wildman–Crippen MR) is 136 cm³/mol. The second-order valence-corrected chi connectivity index (χ2v) is 9.22. The van der Waals surface area contributed by atoms with Crippen LogP contribution in [0.15, 0.2) is 77.8 Å². The maximum atomic E-state index is 13.0. The highest BCUT2D eigenvalue weighted by molar-refractivity contribution is 6.30. The van der Waals surface area contributed by atoms with Crippen LogP contribution < -0.4 is 15.4 Å². The van der Waals surface area contributed by atoms with Crippen LogP contribution in [0.25, 0.3) is 0 Å². The van der Waals surface area contributed by atoms with Gasteiger partial charge in [-0.3, -0.25) is 10.1 Å². The van der Waals surface area contributed by atoms with Crippen LogP contribution in [0.1, 0.15) is 41.4 Å². The van der Waals surface area contributed by atoms with E-state index in [1.54, 1.807) is 56.3 Å². The fraction of sp³-hybridized carbons (Fsp3) is 0.222. The summed E-state index contributed by atoms with van der Waals surface area (Å²) < 4.78 is 6.04. The maximum Gasteiger partial charge on any atom is 0.209 e. The van der Waals surface area contributed by atoms with Gasteiger partial charge in [0.15, 0.2) is 12.0 Å². The highest BCUT2D eigenvalue weighted by Crippen LogP contribution is 2.42. The maximum absolute atomic E-state index is 13.0. The zero-order chi connectivity index (χ0) is 25.0. The van der Waals surface area contributed by atoms with Crippen molar-refractivity contribution in [2.75, 3.05) is 5.32 Å². The lowest BCUT2D eigenvalue weighted by Crippen LogP contribution is -2.49. The first kappa shape index (κ1) is 24.3. The SMILES string of the molecule is CC1(C)Oc2ccc(C(=O)Cc3ccccc3)cc2[C@@H](N=C(NC#N)Nc2ccc(Cl)cc2)[C@@H]1O. The Morgan fingerprint density at radius 1 is 1.14 bits per heavy atom. The van der Waals surface area contributed by atoms with Crippen LogP contribution in [-0.2, 0) is 6.42 Å². The molecule has 4 rings (SSSR count). The monoisotopic (exact) mass is 488 g/mol. The van der Waals surface area contributed by atoms with Gasteiger partial charge < -0.3 is 15.2 Å². The molecule has 3 N–H and O–H groups in total. The second-order valence-electron chi connectivity index (χ2n) is 8.78. The number of aliphatic imine (C=N–C) groups is 1. The van der Waals surface area contributed by atoms with Crippen LogP contribution in [0.5, 0.6) is 5.75 Å². The Bertz CT molecular complexity index is 1280. The summed E-state index contributed by atoms with van der Waals surface area (Å²) in [7, 11) is 0. The average Bonchev–Trinajstić information content (AvgIpc) is 2.83. The van der Waals surface area contributed by atoms with Crippen molar-refractivity contribution in [1.82, 2.24) is 5.32 Å². The Morgan fingerprint density at radius 2 is 1.86 bits per heavy atom. The molecule has 2 atom stereocenters. The molecule has 0 spiro atoms. The van der Waals surface area contributed by atoms with E-state index in [2.05, 4.69) is 15.6 Å². The first-order valence-corrected chi connectivity index (χ1v) is 11.5. The van der Waals surface area contributed by atoms with Crippen LogP contribution in [0.4, 0.5) is 5.69 Å². The fourth-order valence-corrected chi connectivity index (χ4v) is 4.05. The molecule has 1 aliphatic rings. The Balaban J connectivity index is 1.70. The summed E-state index contributed by atoms with van der Waals surface area (Å²) in [5.41, 5.74) is 1.67. The second kappa shape index (κ2) is 10.2. The zero-order valence-electron chi connectivity index (χ0n) is 19.3. The highest BCUT2D eigenvalue weighted by Gasteiger charge is 2.43. The first-order valence-electron chi connectivity index (χ1n) is 11.1. The molecule has 0 saturated heterocycles. The molecular formula is C27H25ClN4O3. The van der Waals surface area contributed by atoms with Gasteiger partial charge in [0.1, 0.15) is 23.5 Å². The molecule has 35 heavy (non-hydrogen) atoms. The van der Waals surface area contributed by atoms with E-state index < -0.39 is 17.7 Å². The summed E-state index contributed by atoms with van der Waals surface area (Å²) in [6, 6.07) is 20.8. The van der Waals surface area contributed by atoms with Crippen LogP contribution in [0.3, 0.4) is 0 Å². The van der Waals surface area contributed by atoms with E-state index in [1.807, 2.05) is 36.5 Å². The summed E-state index contributed by atoms with van der Waals surface area (Å²) in [6.45, 7) is 3.53. The van der Waals surface area contributed by atoms with Crippen molar-refractivity contribution in [2.24, 2.45) is 4.99 Å². The number of rotatable bonds is 5. The lowest BCUT2D eigenvalue weighted by Gasteiger charge is -2.40. The van der Waals surface area contributed by atoms with Crippen molar-refractivity contribution in [3.05, 3.63) is 94.5 Å². The van der Waals surface area contributed by atoms with Gasteiger partial charge in [0.05, 0.1) is 0 Å².